The smallest absolute Gasteiger partial charge is 0.280 e. The standard InChI is InChI=1S/C9H7NO3/c1-6-5-13-8-4-2-3-7(9(6)8)10(11)12/h2-5H,1H3. The molecule has 0 bridgehead atoms. The van der Waals surface area contributed by atoms with Crippen molar-refractivity contribution in [1.82, 2.24) is 0 Å². The van der Waals surface area contributed by atoms with E-state index < -0.39 is 4.92 Å². The molecule has 0 N–H and O–H groups in total. The van der Waals surface area contributed by atoms with Gasteiger partial charge in [-0.05, 0) is 13.0 Å². The van der Waals surface area contributed by atoms with Gasteiger partial charge in [0.2, 0.25) is 0 Å². The number of non-ortho nitro benzene ring substituents is 1. The fraction of sp³-hybridized carbons (Fsp3) is 0.111. The van der Waals surface area contributed by atoms with Gasteiger partial charge in [-0.25, -0.2) is 0 Å². The monoisotopic (exact) mass is 177 g/mol. The summed E-state index contributed by atoms with van der Waals surface area (Å²) in [6, 6.07) is 4.81. The summed E-state index contributed by atoms with van der Waals surface area (Å²) in [7, 11) is 0. The van der Waals surface area contributed by atoms with E-state index in [1.54, 1.807) is 19.1 Å². The SMILES string of the molecule is Cc1coc2cccc([N+](=O)[O-])c12. The predicted octanol–water partition coefficient (Wildman–Crippen LogP) is 2.65. The third-order valence-corrected chi connectivity index (χ3v) is 1.96. The molecule has 0 fully saturated rings. The molecule has 4 nitrogen and oxygen atoms in total. The first-order valence-corrected chi connectivity index (χ1v) is 3.81. The zero-order valence-electron chi connectivity index (χ0n) is 6.98. The molecule has 2 rings (SSSR count). The van der Waals surface area contributed by atoms with Crippen molar-refractivity contribution >= 4 is 16.7 Å². The molecule has 1 aromatic carbocycles. The van der Waals surface area contributed by atoms with E-state index in [1.165, 1.54) is 12.3 Å². The number of hydrogen-bond acceptors (Lipinski definition) is 3. The van der Waals surface area contributed by atoms with Crippen molar-refractivity contribution in [1.29, 1.82) is 0 Å². The molecule has 0 aliphatic rings. The van der Waals surface area contributed by atoms with Gasteiger partial charge < -0.3 is 4.42 Å². The molecule has 0 aliphatic carbocycles. The second kappa shape index (κ2) is 2.58. The summed E-state index contributed by atoms with van der Waals surface area (Å²) in [5.74, 6) is 0. The van der Waals surface area contributed by atoms with Gasteiger partial charge in [-0.3, -0.25) is 10.1 Å². The molecule has 13 heavy (non-hydrogen) atoms. The predicted molar refractivity (Wildman–Crippen MR) is 47.6 cm³/mol. The van der Waals surface area contributed by atoms with E-state index in [2.05, 4.69) is 0 Å². The van der Waals surface area contributed by atoms with Gasteiger partial charge >= 0.3 is 0 Å². The lowest BCUT2D eigenvalue weighted by Crippen LogP contribution is -1.88. The van der Waals surface area contributed by atoms with Crippen molar-refractivity contribution in [2.75, 3.05) is 0 Å². The lowest BCUT2D eigenvalue weighted by molar-refractivity contribution is -0.383. The summed E-state index contributed by atoms with van der Waals surface area (Å²) < 4.78 is 5.14. The Morgan fingerprint density at radius 2 is 2.23 bits per heavy atom. The largest absolute Gasteiger partial charge is 0.464 e. The highest BCUT2D eigenvalue weighted by Gasteiger charge is 2.15. The maximum atomic E-state index is 10.6. The van der Waals surface area contributed by atoms with Gasteiger partial charge in [-0.15, -0.1) is 0 Å². The maximum absolute atomic E-state index is 10.6. The van der Waals surface area contributed by atoms with Gasteiger partial charge in [0, 0.05) is 11.6 Å². The highest BCUT2D eigenvalue weighted by atomic mass is 16.6. The summed E-state index contributed by atoms with van der Waals surface area (Å²) in [6.07, 6.45) is 1.53. The molecular formula is C9H7NO3. The topological polar surface area (TPSA) is 56.3 Å². The molecule has 0 radical (unpaired) electrons. The van der Waals surface area contributed by atoms with Crippen LogP contribution in [0.2, 0.25) is 0 Å². The lowest BCUT2D eigenvalue weighted by atomic mass is 10.1. The molecule has 0 amide bonds. The van der Waals surface area contributed by atoms with Gasteiger partial charge in [0.15, 0.2) is 0 Å². The first-order chi connectivity index (χ1) is 6.20. The number of fused-ring (bicyclic) bond motifs is 1. The van der Waals surface area contributed by atoms with Crippen LogP contribution in [0.25, 0.3) is 11.0 Å². The van der Waals surface area contributed by atoms with Crippen LogP contribution in [-0.2, 0) is 0 Å². The Bertz CT molecular complexity index is 473. The number of nitrogens with zero attached hydrogens (tertiary/aromatic N) is 1. The molecule has 4 heteroatoms. The van der Waals surface area contributed by atoms with E-state index in [0.717, 1.165) is 5.56 Å². The van der Waals surface area contributed by atoms with Crippen molar-refractivity contribution in [2.24, 2.45) is 0 Å². The molecule has 66 valence electrons. The minimum Gasteiger partial charge on any atom is -0.464 e. The second-order valence-corrected chi connectivity index (χ2v) is 2.83. The number of rotatable bonds is 1. The third kappa shape index (κ3) is 1.07. The lowest BCUT2D eigenvalue weighted by Gasteiger charge is -1.92. The Labute approximate surface area is 73.9 Å². The molecule has 0 aliphatic heterocycles. The summed E-state index contributed by atoms with van der Waals surface area (Å²) in [5.41, 5.74) is 1.46. The first-order valence-electron chi connectivity index (χ1n) is 3.81. The zero-order valence-corrected chi connectivity index (χ0v) is 6.98. The van der Waals surface area contributed by atoms with Crippen LogP contribution in [0.5, 0.6) is 0 Å². The summed E-state index contributed by atoms with van der Waals surface area (Å²) >= 11 is 0. The number of hydrogen-bond donors (Lipinski definition) is 0. The van der Waals surface area contributed by atoms with Crippen LogP contribution in [-0.4, -0.2) is 4.92 Å². The summed E-state index contributed by atoms with van der Waals surface area (Å²) in [4.78, 5) is 10.2. The Morgan fingerprint density at radius 3 is 2.92 bits per heavy atom. The van der Waals surface area contributed by atoms with E-state index >= 15 is 0 Å². The van der Waals surface area contributed by atoms with Gasteiger partial charge in [0.05, 0.1) is 11.2 Å². The second-order valence-electron chi connectivity index (χ2n) is 2.83. The Balaban J connectivity index is 2.88. The van der Waals surface area contributed by atoms with E-state index in [4.69, 9.17) is 4.42 Å². The number of furan rings is 1. The van der Waals surface area contributed by atoms with E-state index in [-0.39, 0.29) is 5.69 Å². The fourth-order valence-electron chi connectivity index (χ4n) is 1.38. The van der Waals surface area contributed by atoms with Gasteiger partial charge in [0.25, 0.3) is 5.69 Å². The summed E-state index contributed by atoms with van der Waals surface area (Å²) in [5, 5.41) is 11.2. The van der Waals surface area contributed by atoms with Crippen LogP contribution in [0.3, 0.4) is 0 Å². The van der Waals surface area contributed by atoms with Crippen molar-refractivity contribution in [3.8, 4) is 0 Å². The average molecular weight is 177 g/mol. The van der Waals surface area contributed by atoms with E-state index in [1.807, 2.05) is 0 Å². The molecular weight excluding hydrogens is 170 g/mol. The molecule has 2 aromatic rings. The van der Waals surface area contributed by atoms with Crippen LogP contribution in [0, 0.1) is 17.0 Å². The van der Waals surface area contributed by atoms with Crippen LogP contribution in [0.15, 0.2) is 28.9 Å². The minimum absolute atomic E-state index is 0.101. The molecule has 0 atom stereocenters. The molecule has 0 saturated heterocycles. The quantitative estimate of drug-likeness (QED) is 0.497. The number of aryl methyl sites for hydroxylation is 1. The highest BCUT2D eigenvalue weighted by molar-refractivity contribution is 5.89. The zero-order chi connectivity index (χ0) is 9.42. The normalized spacial score (nSPS) is 10.5. The average Bonchev–Trinajstić information content (AvgIpc) is 2.48. The van der Waals surface area contributed by atoms with Crippen LogP contribution in [0.4, 0.5) is 5.69 Å². The van der Waals surface area contributed by atoms with Gasteiger partial charge in [-0.2, -0.15) is 0 Å². The Morgan fingerprint density at radius 1 is 1.46 bits per heavy atom. The van der Waals surface area contributed by atoms with Gasteiger partial charge in [0.1, 0.15) is 11.0 Å². The molecule has 0 unspecified atom stereocenters. The molecule has 1 heterocycles. The van der Waals surface area contributed by atoms with Crippen molar-refractivity contribution in [3.05, 3.63) is 40.1 Å². The van der Waals surface area contributed by atoms with Gasteiger partial charge in [-0.1, -0.05) is 6.07 Å². The number of nitro groups is 1. The van der Waals surface area contributed by atoms with Crippen LogP contribution >= 0.6 is 0 Å². The first kappa shape index (κ1) is 7.79. The van der Waals surface area contributed by atoms with Crippen molar-refractivity contribution in [2.45, 2.75) is 6.92 Å². The van der Waals surface area contributed by atoms with Crippen molar-refractivity contribution in [3.63, 3.8) is 0 Å². The number of nitro benzene ring substituents is 1. The van der Waals surface area contributed by atoms with E-state index in [0.29, 0.717) is 11.0 Å². The van der Waals surface area contributed by atoms with Crippen LogP contribution in [0.1, 0.15) is 5.56 Å². The minimum atomic E-state index is -0.398. The molecule has 1 aromatic heterocycles. The van der Waals surface area contributed by atoms with E-state index in [9.17, 15) is 10.1 Å². The Hall–Kier alpha value is -1.84. The summed E-state index contributed by atoms with van der Waals surface area (Å²) in [6.45, 7) is 1.79. The third-order valence-electron chi connectivity index (χ3n) is 1.96. The fourth-order valence-corrected chi connectivity index (χ4v) is 1.38. The molecule has 0 saturated carbocycles. The molecule has 0 spiro atoms. The Kier molecular flexibility index (Phi) is 1.55. The highest BCUT2D eigenvalue weighted by Crippen LogP contribution is 2.29. The number of benzene rings is 1. The maximum Gasteiger partial charge on any atom is 0.280 e. The van der Waals surface area contributed by atoms with Crippen LogP contribution < -0.4 is 0 Å². The van der Waals surface area contributed by atoms with Crippen molar-refractivity contribution < 1.29 is 9.34 Å².